The molecule has 0 amide bonds. The minimum atomic E-state index is -0.364. The summed E-state index contributed by atoms with van der Waals surface area (Å²) in [7, 11) is 0. The minimum Gasteiger partial charge on any atom is -0.249 e. The zero-order valence-electron chi connectivity index (χ0n) is 6.57. The van der Waals surface area contributed by atoms with E-state index in [4.69, 9.17) is 0 Å². The maximum Gasteiger partial charge on any atom is 0.112 e. The normalized spacial score (nSPS) is 13.3. The van der Waals surface area contributed by atoms with Gasteiger partial charge in [-0.3, -0.25) is 0 Å². The molecular formula is C7H12FN3. The molecule has 0 radical (unpaired) electrons. The summed E-state index contributed by atoms with van der Waals surface area (Å²) < 4.78 is 13.9. The second-order valence-electron chi connectivity index (χ2n) is 2.48. The standard InChI is InChI=1S/C7H12FN3/c1-2-3-7(6-8)11-5-4-9-10-11/h4-5,7H,2-3,6H2,1H3. The van der Waals surface area contributed by atoms with E-state index in [0.29, 0.717) is 0 Å². The van der Waals surface area contributed by atoms with E-state index < -0.39 is 0 Å². The zero-order chi connectivity index (χ0) is 8.10. The average Bonchev–Trinajstić information content (AvgIpc) is 2.52. The van der Waals surface area contributed by atoms with Gasteiger partial charge in [-0.05, 0) is 6.42 Å². The molecular weight excluding hydrogens is 145 g/mol. The molecule has 0 N–H and O–H groups in total. The first-order valence-electron chi connectivity index (χ1n) is 3.80. The van der Waals surface area contributed by atoms with Crippen LogP contribution in [0.2, 0.25) is 0 Å². The molecule has 3 nitrogen and oxygen atoms in total. The van der Waals surface area contributed by atoms with Gasteiger partial charge in [0.05, 0.1) is 12.2 Å². The van der Waals surface area contributed by atoms with Crippen molar-refractivity contribution in [1.29, 1.82) is 0 Å². The third-order valence-corrected chi connectivity index (χ3v) is 1.62. The molecule has 0 aliphatic rings. The molecule has 0 bridgehead atoms. The highest BCUT2D eigenvalue weighted by molar-refractivity contribution is 4.71. The van der Waals surface area contributed by atoms with Crippen molar-refractivity contribution in [2.75, 3.05) is 6.67 Å². The van der Waals surface area contributed by atoms with Crippen molar-refractivity contribution in [3.05, 3.63) is 12.4 Å². The Kier molecular flexibility index (Phi) is 3.01. The van der Waals surface area contributed by atoms with Crippen LogP contribution in [0.15, 0.2) is 12.4 Å². The Morgan fingerprint density at radius 3 is 2.91 bits per heavy atom. The number of alkyl halides is 1. The van der Waals surface area contributed by atoms with Gasteiger partial charge in [-0.15, -0.1) is 5.10 Å². The van der Waals surface area contributed by atoms with Gasteiger partial charge in [-0.1, -0.05) is 18.6 Å². The smallest absolute Gasteiger partial charge is 0.112 e. The van der Waals surface area contributed by atoms with Crippen LogP contribution >= 0.6 is 0 Å². The summed E-state index contributed by atoms with van der Waals surface area (Å²) in [4.78, 5) is 0. The molecule has 1 rings (SSSR count). The third-order valence-electron chi connectivity index (χ3n) is 1.62. The van der Waals surface area contributed by atoms with Gasteiger partial charge in [0.1, 0.15) is 6.67 Å². The van der Waals surface area contributed by atoms with Crippen molar-refractivity contribution in [3.8, 4) is 0 Å². The Hall–Kier alpha value is -0.930. The van der Waals surface area contributed by atoms with Crippen molar-refractivity contribution in [1.82, 2.24) is 15.0 Å². The summed E-state index contributed by atoms with van der Waals surface area (Å²) >= 11 is 0. The Morgan fingerprint density at radius 1 is 1.64 bits per heavy atom. The highest BCUT2D eigenvalue weighted by Crippen LogP contribution is 2.11. The van der Waals surface area contributed by atoms with Gasteiger partial charge in [-0.25, -0.2) is 9.07 Å². The second kappa shape index (κ2) is 4.05. The molecule has 0 spiro atoms. The van der Waals surface area contributed by atoms with Crippen LogP contribution in [0.25, 0.3) is 0 Å². The summed E-state index contributed by atoms with van der Waals surface area (Å²) in [5, 5.41) is 7.35. The molecule has 0 fully saturated rings. The number of halogens is 1. The number of aromatic nitrogens is 3. The largest absolute Gasteiger partial charge is 0.249 e. The van der Waals surface area contributed by atoms with Gasteiger partial charge in [0.25, 0.3) is 0 Å². The Bertz CT molecular complexity index is 186. The fourth-order valence-electron chi connectivity index (χ4n) is 1.03. The van der Waals surface area contributed by atoms with E-state index in [1.807, 2.05) is 6.92 Å². The molecule has 1 aromatic rings. The molecule has 0 aliphatic heterocycles. The lowest BCUT2D eigenvalue weighted by Gasteiger charge is -2.10. The summed E-state index contributed by atoms with van der Waals surface area (Å²) in [6, 6.07) is -0.123. The maximum absolute atomic E-state index is 12.3. The molecule has 1 heterocycles. The lowest BCUT2D eigenvalue weighted by Crippen LogP contribution is -2.11. The van der Waals surface area contributed by atoms with E-state index in [0.717, 1.165) is 12.8 Å². The molecule has 1 unspecified atom stereocenters. The first-order chi connectivity index (χ1) is 5.38. The fraction of sp³-hybridized carbons (Fsp3) is 0.714. The number of rotatable bonds is 4. The molecule has 11 heavy (non-hydrogen) atoms. The van der Waals surface area contributed by atoms with Crippen molar-refractivity contribution in [2.24, 2.45) is 0 Å². The number of hydrogen-bond donors (Lipinski definition) is 0. The first-order valence-corrected chi connectivity index (χ1v) is 3.80. The lowest BCUT2D eigenvalue weighted by molar-refractivity contribution is 0.312. The summed E-state index contributed by atoms with van der Waals surface area (Å²) in [6.07, 6.45) is 5.05. The van der Waals surface area contributed by atoms with E-state index in [-0.39, 0.29) is 12.7 Å². The Morgan fingerprint density at radius 2 is 2.45 bits per heavy atom. The average molecular weight is 157 g/mol. The Labute approximate surface area is 65.2 Å². The topological polar surface area (TPSA) is 30.7 Å². The van der Waals surface area contributed by atoms with Crippen molar-refractivity contribution in [3.63, 3.8) is 0 Å². The SMILES string of the molecule is CCCC(CF)n1ccnn1. The molecule has 62 valence electrons. The van der Waals surface area contributed by atoms with Crippen LogP contribution in [0.3, 0.4) is 0 Å². The summed E-state index contributed by atoms with van der Waals surface area (Å²) in [6.45, 7) is 1.66. The van der Waals surface area contributed by atoms with Gasteiger partial charge in [0.15, 0.2) is 0 Å². The fourth-order valence-corrected chi connectivity index (χ4v) is 1.03. The lowest BCUT2D eigenvalue weighted by atomic mass is 10.2. The van der Waals surface area contributed by atoms with Crippen LogP contribution in [-0.2, 0) is 0 Å². The summed E-state index contributed by atoms with van der Waals surface area (Å²) in [5.41, 5.74) is 0. The van der Waals surface area contributed by atoms with Gasteiger partial charge >= 0.3 is 0 Å². The quantitative estimate of drug-likeness (QED) is 0.664. The van der Waals surface area contributed by atoms with E-state index in [2.05, 4.69) is 10.3 Å². The second-order valence-corrected chi connectivity index (χ2v) is 2.48. The van der Waals surface area contributed by atoms with E-state index in [9.17, 15) is 4.39 Å². The van der Waals surface area contributed by atoms with Crippen molar-refractivity contribution < 1.29 is 4.39 Å². The predicted molar refractivity (Wildman–Crippen MR) is 39.9 cm³/mol. The molecule has 0 aliphatic carbocycles. The minimum absolute atomic E-state index is 0.123. The Balaban J connectivity index is 2.56. The van der Waals surface area contributed by atoms with E-state index in [1.165, 1.54) is 0 Å². The summed E-state index contributed by atoms with van der Waals surface area (Å²) in [5.74, 6) is 0. The number of hydrogen-bond acceptors (Lipinski definition) is 2. The third kappa shape index (κ3) is 2.00. The molecule has 0 saturated heterocycles. The van der Waals surface area contributed by atoms with Crippen molar-refractivity contribution in [2.45, 2.75) is 25.8 Å². The maximum atomic E-state index is 12.3. The van der Waals surface area contributed by atoms with Crippen LogP contribution in [0.1, 0.15) is 25.8 Å². The van der Waals surface area contributed by atoms with Crippen LogP contribution < -0.4 is 0 Å². The van der Waals surface area contributed by atoms with Gasteiger partial charge in [0, 0.05) is 6.20 Å². The molecule has 1 aromatic heterocycles. The molecule has 0 saturated carbocycles. The van der Waals surface area contributed by atoms with E-state index in [1.54, 1.807) is 17.1 Å². The van der Waals surface area contributed by atoms with Gasteiger partial charge < -0.3 is 0 Å². The highest BCUT2D eigenvalue weighted by atomic mass is 19.1. The van der Waals surface area contributed by atoms with Crippen LogP contribution in [-0.4, -0.2) is 21.7 Å². The van der Waals surface area contributed by atoms with Gasteiger partial charge in [-0.2, -0.15) is 0 Å². The molecule has 0 aromatic carbocycles. The predicted octanol–water partition coefficient (Wildman–Crippen LogP) is 1.59. The molecule has 1 atom stereocenters. The molecule has 4 heteroatoms. The zero-order valence-corrected chi connectivity index (χ0v) is 6.57. The highest BCUT2D eigenvalue weighted by Gasteiger charge is 2.08. The monoisotopic (exact) mass is 157 g/mol. The number of nitrogens with zero attached hydrogens (tertiary/aromatic N) is 3. The van der Waals surface area contributed by atoms with Gasteiger partial charge in [0.2, 0.25) is 0 Å². The van der Waals surface area contributed by atoms with Crippen LogP contribution in [0.5, 0.6) is 0 Å². The van der Waals surface area contributed by atoms with E-state index >= 15 is 0 Å². The van der Waals surface area contributed by atoms with Crippen LogP contribution in [0, 0.1) is 0 Å². The first kappa shape index (κ1) is 8.17. The van der Waals surface area contributed by atoms with Crippen LogP contribution in [0.4, 0.5) is 4.39 Å². The van der Waals surface area contributed by atoms with Crippen molar-refractivity contribution >= 4 is 0 Å².